The number of anilines is 1. The van der Waals surface area contributed by atoms with Gasteiger partial charge in [0.25, 0.3) is 11.5 Å². The van der Waals surface area contributed by atoms with Gasteiger partial charge in [-0.15, -0.1) is 0 Å². The Balaban J connectivity index is 1.34. The predicted molar refractivity (Wildman–Crippen MR) is 269 cm³/mol. The number of carbonyl (C=O) groups is 2. The lowest BCUT2D eigenvalue weighted by molar-refractivity contribution is -0.118. The van der Waals surface area contributed by atoms with Crippen LogP contribution in [-0.4, -0.2) is 134 Å². The van der Waals surface area contributed by atoms with Crippen molar-refractivity contribution in [3.8, 4) is 0 Å². The number of fused-ring (bicyclic) bond motifs is 5. The highest BCUT2D eigenvalue weighted by atomic mass is 32.5. The Morgan fingerprint density at radius 1 is 0.971 bits per heavy atom. The van der Waals surface area contributed by atoms with Gasteiger partial charge in [-0.05, 0) is 77.9 Å². The molecular formula is C43H65N7O13P2S2Si2. The number of nitrogens with one attached hydrogen (secondary N) is 2. The number of imidazole rings is 1. The van der Waals surface area contributed by atoms with Gasteiger partial charge in [-0.3, -0.25) is 38.3 Å². The average Bonchev–Trinajstić information content (AvgIpc) is 3.91. The number of hydrogen-bond acceptors (Lipinski definition) is 16. The van der Waals surface area contributed by atoms with Crippen molar-refractivity contribution < 1.29 is 55.4 Å². The van der Waals surface area contributed by atoms with Crippen molar-refractivity contribution in [1.29, 1.82) is 0 Å². The fourth-order valence-electron chi connectivity index (χ4n) is 7.78. The Hall–Kier alpha value is -2.67. The molecule has 4 aliphatic rings. The van der Waals surface area contributed by atoms with Gasteiger partial charge >= 0.3 is 13.4 Å². The van der Waals surface area contributed by atoms with Crippen LogP contribution in [0.3, 0.4) is 0 Å². The van der Waals surface area contributed by atoms with Crippen molar-refractivity contribution in [3.63, 3.8) is 0 Å². The summed E-state index contributed by atoms with van der Waals surface area (Å²) in [5.41, 5.74) is 0.772. The van der Waals surface area contributed by atoms with Gasteiger partial charge < -0.3 is 46.5 Å². The van der Waals surface area contributed by atoms with Crippen LogP contribution >= 0.6 is 13.4 Å². The molecule has 380 valence electrons. The average molecular weight is 1070 g/mol. The highest BCUT2D eigenvalue weighted by Crippen LogP contribution is 2.58. The fourth-order valence-corrected chi connectivity index (χ4v) is 13.9. The summed E-state index contributed by atoms with van der Waals surface area (Å²) in [4.78, 5) is 69.4. The molecule has 20 nitrogen and oxygen atoms in total. The van der Waals surface area contributed by atoms with E-state index in [9.17, 15) is 19.3 Å². The van der Waals surface area contributed by atoms with E-state index in [2.05, 4.69) is 79.8 Å². The Morgan fingerprint density at radius 3 is 2.26 bits per heavy atom. The van der Waals surface area contributed by atoms with E-state index in [0.29, 0.717) is 18.5 Å². The maximum absolute atomic E-state index is 14.4. The highest BCUT2D eigenvalue weighted by Gasteiger charge is 2.58. The number of carbonyl (C=O) groups excluding carboxylic acids is 2. The SMILES string of the molecule is [C-]#[N+]CCOP1(=S)OC[C@H]2O[C@@H](N3CCc4ccccc4C3=O)[C@H](O[Si](C)(C)C(C)(C)C)[C@@H]2OP(O)(=S)OC[C@H]2O[C@@H](n3cnc4c(=O)[nH]c(NC(=O)C(C)C)nc43)[C@H](O1)[C@@H]2O[Si](C)(C)C(C)(C)C. The molecule has 3 fully saturated rings. The largest absolute Gasteiger partial charge is 0.408 e. The third kappa shape index (κ3) is 11.6. The molecule has 69 heavy (non-hydrogen) atoms. The molecule has 4 aliphatic heterocycles. The molecule has 0 saturated carbocycles. The van der Waals surface area contributed by atoms with Gasteiger partial charge in [-0.25, -0.2) is 11.6 Å². The van der Waals surface area contributed by atoms with E-state index in [4.69, 9.17) is 71.1 Å². The minimum Gasteiger partial charge on any atom is -0.408 e. The van der Waals surface area contributed by atoms with Crippen molar-refractivity contribution in [2.45, 2.75) is 147 Å². The van der Waals surface area contributed by atoms with Gasteiger partial charge in [0.1, 0.15) is 43.2 Å². The number of benzene rings is 1. The summed E-state index contributed by atoms with van der Waals surface area (Å²) < 4.78 is 62.1. The topological polar surface area (TPSA) is 221 Å². The number of H-pyrrole nitrogens is 1. The zero-order chi connectivity index (χ0) is 50.6. The molecule has 2 unspecified atom stereocenters. The van der Waals surface area contributed by atoms with Crippen molar-refractivity contribution in [1.82, 2.24) is 24.4 Å². The molecule has 6 heterocycles. The lowest BCUT2D eigenvalue weighted by Gasteiger charge is -2.43. The number of aromatic amines is 1. The third-order valence-electron chi connectivity index (χ3n) is 13.7. The van der Waals surface area contributed by atoms with E-state index in [1.54, 1.807) is 24.8 Å². The second-order valence-corrected chi connectivity index (χ2v) is 36.2. The van der Waals surface area contributed by atoms with Gasteiger partial charge in [-0.2, -0.15) is 4.98 Å². The fraction of sp³-hybridized carbons (Fsp3) is 0.674. The quantitative estimate of drug-likeness (QED) is 0.0761. The van der Waals surface area contributed by atoms with Gasteiger partial charge in [0.15, 0.2) is 40.3 Å². The van der Waals surface area contributed by atoms with E-state index in [-0.39, 0.29) is 65.4 Å². The molecule has 2 bridgehead atoms. The van der Waals surface area contributed by atoms with Crippen LogP contribution in [0.1, 0.15) is 77.5 Å². The molecule has 3 N–H and O–H groups in total. The monoisotopic (exact) mass is 1070 g/mol. The molecule has 26 heteroatoms. The van der Waals surface area contributed by atoms with E-state index in [1.807, 2.05) is 31.3 Å². The molecule has 0 aliphatic carbocycles. The lowest BCUT2D eigenvalue weighted by atomic mass is 9.98. The Morgan fingerprint density at radius 2 is 1.61 bits per heavy atom. The molecule has 2 amide bonds. The summed E-state index contributed by atoms with van der Waals surface area (Å²) in [6, 6.07) is 7.41. The Bertz CT molecular complexity index is 2620. The van der Waals surface area contributed by atoms with Crippen LogP contribution in [-0.2, 0) is 75.8 Å². The smallest absolute Gasteiger partial charge is 0.328 e. The molecule has 3 aromatic rings. The van der Waals surface area contributed by atoms with Crippen LogP contribution in [0.15, 0.2) is 35.4 Å². The molecular weight excluding hydrogens is 1000 g/mol. The molecule has 10 atom stereocenters. The summed E-state index contributed by atoms with van der Waals surface area (Å²) in [5, 5.41) is 1.99. The second-order valence-electron chi connectivity index (χ2n) is 21.0. The number of ether oxygens (including phenoxy) is 2. The molecule has 3 saturated heterocycles. The minimum atomic E-state index is -4.29. The molecule has 0 spiro atoms. The number of hydrogen-bond donors (Lipinski definition) is 3. The Labute approximate surface area is 415 Å². The van der Waals surface area contributed by atoms with Crippen LogP contribution < -0.4 is 10.9 Å². The normalized spacial score (nSPS) is 30.6. The predicted octanol–water partition coefficient (Wildman–Crippen LogP) is 7.01. The van der Waals surface area contributed by atoms with E-state index in [1.165, 1.54) is 10.9 Å². The molecule has 7 rings (SSSR count). The first-order valence-corrected chi connectivity index (χ1v) is 33.9. The first-order valence-electron chi connectivity index (χ1n) is 22.9. The van der Waals surface area contributed by atoms with Crippen molar-refractivity contribution in [3.05, 3.63) is 63.5 Å². The molecule has 2 aromatic heterocycles. The van der Waals surface area contributed by atoms with Crippen LogP contribution in [0.2, 0.25) is 36.3 Å². The maximum atomic E-state index is 14.4. The van der Waals surface area contributed by atoms with Crippen molar-refractivity contribution in [2.24, 2.45) is 5.92 Å². The molecule has 1 aromatic carbocycles. The van der Waals surface area contributed by atoms with Crippen LogP contribution in [0.4, 0.5) is 5.95 Å². The first-order chi connectivity index (χ1) is 32.1. The van der Waals surface area contributed by atoms with Crippen LogP contribution in [0.5, 0.6) is 0 Å². The number of rotatable bonds is 11. The standard InChI is InChI=1S/C43H65N7O13P2S2Si2/c1-25(2)36(51)47-41-46-35-30(37(52)48-41)45-24-50(35)39-33-32(62-68(10,11)42(3,4)5)29(59-39)22-56-64(54,66)60-31-28(23-57-65(67,61-33)55-21-19-44-9)58-40(34(31)63-69(12,13)43(6,7)8)49-20-18-26-16-14-15-17-27(26)38(49)53/h14-17,24-25,28-29,31-34,39-40H,18-23H2,1-8,10-13H3,(H,54,66)(H2,46,47,48,51,52)/t28-,29-,31-,32-,33-,34-,39-,40-,64?,65?/m1/s1. The van der Waals surface area contributed by atoms with Gasteiger partial charge in [0, 0.05) is 18.0 Å². The highest BCUT2D eigenvalue weighted by molar-refractivity contribution is 8.07. The van der Waals surface area contributed by atoms with Crippen LogP contribution in [0.25, 0.3) is 16.0 Å². The zero-order valence-corrected chi connectivity index (χ0v) is 46.5. The first kappa shape index (κ1) is 54.1. The van der Waals surface area contributed by atoms with E-state index < -0.39 is 90.6 Å². The van der Waals surface area contributed by atoms with Gasteiger partial charge in [0.2, 0.25) is 18.4 Å². The van der Waals surface area contributed by atoms with Gasteiger partial charge in [-0.1, -0.05) is 73.6 Å². The summed E-state index contributed by atoms with van der Waals surface area (Å²) in [5.74, 6) is -1.19. The number of nitrogens with zero attached hydrogens (tertiary/aromatic N) is 5. The van der Waals surface area contributed by atoms with Crippen LogP contribution in [0, 0.1) is 12.5 Å². The lowest BCUT2D eigenvalue weighted by Crippen LogP contribution is -2.55. The van der Waals surface area contributed by atoms with Gasteiger partial charge in [0.05, 0.1) is 19.5 Å². The summed E-state index contributed by atoms with van der Waals surface area (Å²) in [7, 11) is -5.47. The second kappa shape index (κ2) is 20.3. The number of amides is 2. The van der Waals surface area contributed by atoms with Crippen molar-refractivity contribution in [2.75, 3.05) is 38.2 Å². The third-order valence-corrected chi connectivity index (χ3v) is 26.6. The molecule has 0 radical (unpaired) electrons. The minimum absolute atomic E-state index is 0.0276. The maximum Gasteiger partial charge on any atom is 0.328 e. The van der Waals surface area contributed by atoms with Crippen molar-refractivity contribution >= 4 is 82.6 Å². The summed E-state index contributed by atoms with van der Waals surface area (Å²) >= 11 is 12.1. The van der Waals surface area contributed by atoms with E-state index in [0.717, 1.165) is 5.56 Å². The Kier molecular flexibility index (Phi) is 15.9. The summed E-state index contributed by atoms with van der Waals surface area (Å²) in [6.07, 6.45) is -6.93. The zero-order valence-electron chi connectivity index (χ0n) is 41.1. The summed E-state index contributed by atoms with van der Waals surface area (Å²) in [6.45, 7) is 22.6. The van der Waals surface area contributed by atoms with E-state index >= 15 is 0 Å². The number of aromatic nitrogens is 4.